The van der Waals surface area contributed by atoms with E-state index in [2.05, 4.69) is 15.9 Å². The van der Waals surface area contributed by atoms with E-state index in [0.29, 0.717) is 6.54 Å². The molecular weight excluding hydrogens is 246 g/mol. The maximum Gasteiger partial charge on any atom is 0.222 e. The molecule has 3 nitrogen and oxygen atoms in total. The molecule has 1 fully saturated rings. The maximum atomic E-state index is 11.0. The van der Waals surface area contributed by atoms with Gasteiger partial charge in [0, 0.05) is 17.0 Å². The zero-order valence-electron chi connectivity index (χ0n) is 7.70. The molecule has 1 aromatic rings. The van der Waals surface area contributed by atoms with Crippen molar-refractivity contribution in [1.29, 1.82) is 0 Å². The number of hydrogen-bond donors (Lipinski definition) is 1. The average Bonchev–Trinajstić information content (AvgIpc) is 2.80. The van der Waals surface area contributed by atoms with Crippen LogP contribution >= 0.6 is 15.9 Å². The lowest BCUT2D eigenvalue weighted by molar-refractivity contribution is -0.127. The molecule has 1 unspecified atom stereocenters. The molecule has 1 amide bonds. The first-order chi connectivity index (χ1) is 6.54. The minimum Gasteiger partial charge on any atom is -0.365 e. The maximum absolute atomic E-state index is 11.0. The summed E-state index contributed by atoms with van der Waals surface area (Å²) < 4.78 is 0.958. The van der Waals surface area contributed by atoms with Crippen LogP contribution in [-0.2, 0) is 10.5 Å². The van der Waals surface area contributed by atoms with E-state index in [0.717, 1.165) is 10.0 Å². The first kappa shape index (κ1) is 9.68. The van der Waals surface area contributed by atoms with Gasteiger partial charge in [-0.05, 0) is 12.1 Å². The van der Waals surface area contributed by atoms with Gasteiger partial charge in [-0.1, -0.05) is 28.1 Å². The van der Waals surface area contributed by atoms with E-state index in [1.807, 2.05) is 24.3 Å². The third-order valence-corrected chi connectivity index (χ3v) is 2.94. The van der Waals surface area contributed by atoms with Crippen molar-refractivity contribution in [3.05, 3.63) is 34.3 Å². The predicted octanol–water partition coefficient (Wildman–Crippen LogP) is 1.46. The van der Waals surface area contributed by atoms with Gasteiger partial charge in [-0.2, -0.15) is 0 Å². The van der Waals surface area contributed by atoms with Crippen LogP contribution in [-0.4, -0.2) is 22.5 Å². The number of nitrogens with zero attached hydrogens (tertiary/aromatic N) is 1. The minimum atomic E-state index is -1.06. The smallest absolute Gasteiger partial charge is 0.222 e. The van der Waals surface area contributed by atoms with Gasteiger partial charge in [0.25, 0.3) is 0 Å². The van der Waals surface area contributed by atoms with Gasteiger partial charge in [0.15, 0.2) is 5.72 Å². The molecule has 1 aromatic carbocycles. The van der Waals surface area contributed by atoms with E-state index in [-0.39, 0.29) is 5.91 Å². The number of hydrogen-bond acceptors (Lipinski definition) is 2. The Morgan fingerprint density at radius 1 is 1.50 bits per heavy atom. The Hall–Kier alpha value is -0.870. The topological polar surface area (TPSA) is 40.3 Å². The summed E-state index contributed by atoms with van der Waals surface area (Å²) in [4.78, 5) is 12.4. The Balaban J connectivity index is 2.25. The second-order valence-electron chi connectivity index (χ2n) is 3.43. The number of β-amino-alcohol motifs (C(OH)–C–C–N with tert-alkyl or cyclic N) is 1. The Morgan fingerprint density at radius 2 is 2.07 bits per heavy atom. The largest absolute Gasteiger partial charge is 0.365 e. The molecule has 1 saturated heterocycles. The summed E-state index contributed by atoms with van der Waals surface area (Å²) in [5, 5.41) is 10.0. The van der Waals surface area contributed by atoms with Crippen molar-refractivity contribution >= 4 is 21.8 Å². The summed E-state index contributed by atoms with van der Waals surface area (Å²) in [5.74, 6) is -0.101. The van der Waals surface area contributed by atoms with Gasteiger partial charge >= 0.3 is 0 Å². The van der Waals surface area contributed by atoms with E-state index in [9.17, 15) is 9.90 Å². The molecule has 0 spiro atoms. The predicted molar refractivity (Wildman–Crippen MR) is 55.4 cm³/mol. The average molecular weight is 256 g/mol. The normalized spacial score (nSPS) is 24.9. The van der Waals surface area contributed by atoms with Crippen molar-refractivity contribution < 1.29 is 9.90 Å². The van der Waals surface area contributed by atoms with Gasteiger partial charge < -0.3 is 10.0 Å². The van der Waals surface area contributed by atoms with Gasteiger partial charge in [-0.3, -0.25) is 4.79 Å². The van der Waals surface area contributed by atoms with Crippen molar-refractivity contribution in [2.45, 2.75) is 12.6 Å². The lowest BCUT2D eigenvalue weighted by atomic mass is 10.1. The molecule has 1 heterocycles. The van der Waals surface area contributed by atoms with Crippen LogP contribution in [0.1, 0.15) is 12.5 Å². The fourth-order valence-electron chi connectivity index (χ4n) is 1.52. The molecule has 2 rings (SSSR count). The highest BCUT2D eigenvalue weighted by molar-refractivity contribution is 9.10. The molecule has 74 valence electrons. The first-order valence-electron chi connectivity index (χ1n) is 4.31. The van der Waals surface area contributed by atoms with E-state index in [1.165, 1.54) is 11.8 Å². The molecule has 1 N–H and O–H groups in total. The van der Waals surface area contributed by atoms with Crippen LogP contribution in [0.5, 0.6) is 0 Å². The third-order valence-electron chi connectivity index (χ3n) is 2.41. The van der Waals surface area contributed by atoms with Crippen molar-refractivity contribution in [3.63, 3.8) is 0 Å². The Morgan fingerprint density at radius 3 is 2.50 bits per heavy atom. The minimum absolute atomic E-state index is 0.101. The Bertz CT molecular complexity index is 376. The van der Waals surface area contributed by atoms with Crippen molar-refractivity contribution in [3.8, 4) is 0 Å². The first-order valence-corrected chi connectivity index (χ1v) is 5.10. The molecule has 0 radical (unpaired) electrons. The van der Waals surface area contributed by atoms with Crippen LogP contribution in [0.3, 0.4) is 0 Å². The fourth-order valence-corrected chi connectivity index (χ4v) is 1.79. The van der Waals surface area contributed by atoms with Crippen LogP contribution in [0.4, 0.5) is 0 Å². The highest BCUT2D eigenvalue weighted by Crippen LogP contribution is 2.39. The molecule has 14 heavy (non-hydrogen) atoms. The summed E-state index contributed by atoms with van der Waals surface area (Å²) in [6.07, 6.45) is 0. The summed E-state index contributed by atoms with van der Waals surface area (Å²) in [6, 6.07) is 7.33. The lowest BCUT2D eigenvalue weighted by Crippen LogP contribution is -2.18. The molecular formula is C10H10BrNO2. The number of rotatable bonds is 1. The van der Waals surface area contributed by atoms with Crippen LogP contribution < -0.4 is 0 Å². The third kappa shape index (κ3) is 1.44. The van der Waals surface area contributed by atoms with Crippen molar-refractivity contribution in [2.75, 3.05) is 6.54 Å². The van der Waals surface area contributed by atoms with Crippen LogP contribution in [0.2, 0.25) is 0 Å². The SMILES string of the molecule is CC(=O)N1CC1(O)c1ccc(Br)cc1. The van der Waals surface area contributed by atoms with E-state index < -0.39 is 5.72 Å². The van der Waals surface area contributed by atoms with E-state index >= 15 is 0 Å². The number of halogens is 1. The van der Waals surface area contributed by atoms with Gasteiger partial charge in [-0.25, -0.2) is 0 Å². The van der Waals surface area contributed by atoms with Crippen molar-refractivity contribution in [2.24, 2.45) is 0 Å². The molecule has 1 atom stereocenters. The van der Waals surface area contributed by atoms with Crippen molar-refractivity contribution in [1.82, 2.24) is 4.90 Å². The van der Waals surface area contributed by atoms with Gasteiger partial charge in [0.05, 0.1) is 6.54 Å². The van der Waals surface area contributed by atoms with Gasteiger partial charge in [0.2, 0.25) is 5.91 Å². The van der Waals surface area contributed by atoms with Crippen LogP contribution in [0, 0.1) is 0 Å². The second-order valence-corrected chi connectivity index (χ2v) is 4.34. The molecule has 0 aliphatic carbocycles. The number of aliphatic hydroxyl groups is 1. The number of benzene rings is 1. The fraction of sp³-hybridized carbons (Fsp3) is 0.300. The Kier molecular flexibility index (Phi) is 2.12. The van der Waals surface area contributed by atoms with E-state index in [4.69, 9.17) is 0 Å². The molecule has 1 aliphatic rings. The van der Waals surface area contributed by atoms with Crippen LogP contribution in [0.15, 0.2) is 28.7 Å². The molecule has 4 heteroatoms. The highest BCUT2D eigenvalue weighted by atomic mass is 79.9. The lowest BCUT2D eigenvalue weighted by Gasteiger charge is -2.09. The number of amides is 1. The summed E-state index contributed by atoms with van der Waals surface area (Å²) in [6.45, 7) is 1.85. The zero-order valence-corrected chi connectivity index (χ0v) is 9.28. The molecule has 0 bridgehead atoms. The quantitative estimate of drug-likeness (QED) is 0.772. The Labute approximate surface area is 90.5 Å². The molecule has 1 aliphatic heterocycles. The standard InChI is InChI=1S/C10H10BrNO2/c1-7(13)12-6-10(12,14)8-2-4-9(11)5-3-8/h2-5,14H,6H2,1H3. The van der Waals surface area contributed by atoms with Gasteiger partial charge in [0.1, 0.15) is 0 Å². The molecule has 0 aromatic heterocycles. The number of carbonyl (C=O) groups is 1. The van der Waals surface area contributed by atoms with Gasteiger partial charge in [-0.15, -0.1) is 0 Å². The second kappa shape index (κ2) is 3.07. The van der Waals surface area contributed by atoms with Crippen LogP contribution in [0.25, 0.3) is 0 Å². The number of carbonyl (C=O) groups excluding carboxylic acids is 1. The molecule has 0 saturated carbocycles. The van der Waals surface area contributed by atoms with E-state index in [1.54, 1.807) is 0 Å². The zero-order chi connectivity index (χ0) is 10.3. The summed E-state index contributed by atoms with van der Waals surface area (Å²) in [7, 11) is 0. The summed E-state index contributed by atoms with van der Waals surface area (Å²) >= 11 is 3.31. The highest BCUT2D eigenvalue weighted by Gasteiger charge is 2.53. The monoisotopic (exact) mass is 255 g/mol. The summed E-state index contributed by atoms with van der Waals surface area (Å²) in [5.41, 5.74) is -0.303.